The molecule has 0 atom stereocenters. The molecule has 3 rings (SSSR count). The largest absolute Gasteiger partial charge is 0.508 e. The predicted octanol–water partition coefficient (Wildman–Crippen LogP) is 3.50. The van der Waals surface area contributed by atoms with Gasteiger partial charge in [0.25, 0.3) is 0 Å². The normalized spacial score (nSPS) is 14.1. The predicted molar refractivity (Wildman–Crippen MR) is 110 cm³/mol. The van der Waals surface area contributed by atoms with E-state index in [0.717, 1.165) is 23.4 Å². The number of nitrogens with zero attached hydrogens (tertiary/aromatic N) is 1. The molecule has 2 aromatic rings. The van der Waals surface area contributed by atoms with Gasteiger partial charge < -0.3 is 19.7 Å². The Morgan fingerprint density at radius 2 is 1.86 bits per heavy atom. The minimum atomic E-state index is -0.848. The summed E-state index contributed by atoms with van der Waals surface area (Å²) < 4.78 is 11.5. The lowest BCUT2D eigenvalue weighted by Crippen LogP contribution is -2.25. The van der Waals surface area contributed by atoms with E-state index in [9.17, 15) is 9.90 Å². The van der Waals surface area contributed by atoms with Crippen LogP contribution >= 0.6 is 0 Å². The van der Waals surface area contributed by atoms with Crippen LogP contribution in [0.5, 0.6) is 17.2 Å². The molecule has 155 valence electrons. The third-order valence-corrected chi connectivity index (χ3v) is 4.94. The number of hydrogen-bond donors (Lipinski definition) is 2. The van der Waals surface area contributed by atoms with E-state index in [0.29, 0.717) is 25.2 Å². The molecule has 1 saturated heterocycles. The van der Waals surface area contributed by atoms with Gasteiger partial charge >= 0.3 is 5.97 Å². The zero-order chi connectivity index (χ0) is 20.5. The second-order valence-electron chi connectivity index (χ2n) is 7.26. The summed E-state index contributed by atoms with van der Waals surface area (Å²) in [5.74, 6) is 0.608. The number of phenolic OH excluding ortho intramolecular Hbond substituents is 1. The SMILES string of the molecule is O=C(O)CCCOc1cc(O)c[c]c1Cc1ccc(OCCN2CCCC2)cc1. The quantitative estimate of drug-likeness (QED) is 0.564. The summed E-state index contributed by atoms with van der Waals surface area (Å²) in [5.41, 5.74) is 1.90. The molecule has 2 aromatic carbocycles. The van der Waals surface area contributed by atoms with Crippen LogP contribution in [0.25, 0.3) is 0 Å². The van der Waals surface area contributed by atoms with Crippen molar-refractivity contribution < 1.29 is 24.5 Å². The molecule has 29 heavy (non-hydrogen) atoms. The number of benzene rings is 2. The maximum Gasteiger partial charge on any atom is 0.303 e. The van der Waals surface area contributed by atoms with Crippen LogP contribution in [0.2, 0.25) is 0 Å². The zero-order valence-electron chi connectivity index (χ0n) is 16.6. The van der Waals surface area contributed by atoms with Gasteiger partial charge in [-0.05, 0) is 62.2 Å². The Morgan fingerprint density at radius 3 is 2.59 bits per heavy atom. The van der Waals surface area contributed by atoms with Crippen molar-refractivity contribution in [2.24, 2.45) is 0 Å². The van der Waals surface area contributed by atoms with Crippen molar-refractivity contribution in [3.63, 3.8) is 0 Å². The van der Waals surface area contributed by atoms with Crippen molar-refractivity contribution in [3.8, 4) is 17.2 Å². The molecular weight excluding hydrogens is 370 g/mol. The number of aliphatic carboxylic acids is 1. The molecule has 0 unspecified atom stereocenters. The molecule has 0 bridgehead atoms. The van der Waals surface area contributed by atoms with Crippen LogP contribution in [0.3, 0.4) is 0 Å². The van der Waals surface area contributed by atoms with E-state index >= 15 is 0 Å². The molecule has 1 fully saturated rings. The molecule has 6 nitrogen and oxygen atoms in total. The molecule has 0 amide bonds. The minimum absolute atomic E-state index is 0.0527. The Morgan fingerprint density at radius 1 is 1.10 bits per heavy atom. The number of aromatic hydroxyl groups is 1. The molecule has 1 aliphatic heterocycles. The number of ether oxygens (including phenoxy) is 2. The smallest absolute Gasteiger partial charge is 0.303 e. The average molecular weight is 398 g/mol. The highest BCUT2D eigenvalue weighted by atomic mass is 16.5. The molecule has 0 saturated carbocycles. The zero-order valence-corrected chi connectivity index (χ0v) is 16.6. The van der Waals surface area contributed by atoms with Crippen LogP contribution in [-0.2, 0) is 11.2 Å². The van der Waals surface area contributed by atoms with Gasteiger partial charge in [-0.15, -0.1) is 0 Å². The third kappa shape index (κ3) is 6.98. The van der Waals surface area contributed by atoms with Gasteiger partial charge in [-0.25, -0.2) is 0 Å². The molecule has 0 aliphatic carbocycles. The summed E-state index contributed by atoms with van der Waals surface area (Å²) in [6, 6.07) is 14.1. The number of carboxylic acids is 1. The van der Waals surface area contributed by atoms with Crippen molar-refractivity contribution in [1.29, 1.82) is 0 Å². The monoisotopic (exact) mass is 398 g/mol. The second kappa shape index (κ2) is 10.7. The molecule has 1 aliphatic rings. The van der Waals surface area contributed by atoms with Crippen molar-refractivity contribution in [2.75, 3.05) is 32.8 Å². The van der Waals surface area contributed by atoms with Crippen LogP contribution < -0.4 is 9.47 Å². The number of phenols is 1. The van der Waals surface area contributed by atoms with Gasteiger partial charge in [-0.1, -0.05) is 12.1 Å². The van der Waals surface area contributed by atoms with E-state index in [1.54, 1.807) is 6.07 Å². The van der Waals surface area contributed by atoms with Gasteiger partial charge in [-0.3, -0.25) is 9.69 Å². The standard InChI is InChI=1S/C23H28NO5/c25-20-8-7-19(22(17-20)29-14-3-4-23(26)27)16-18-5-9-21(10-6-18)28-15-13-24-11-1-2-12-24/h5-6,8-10,17,25H,1-4,11-16H2,(H,26,27). The molecule has 0 aromatic heterocycles. The van der Waals surface area contributed by atoms with Gasteiger partial charge in [-0.2, -0.15) is 0 Å². The van der Waals surface area contributed by atoms with E-state index in [2.05, 4.69) is 11.0 Å². The number of carbonyl (C=O) groups is 1. The number of likely N-dealkylation sites (tertiary alicyclic amines) is 1. The summed E-state index contributed by atoms with van der Waals surface area (Å²) in [4.78, 5) is 13.0. The van der Waals surface area contributed by atoms with E-state index < -0.39 is 5.97 Å². The molecule has 0 spiro atoms. The van der Waals surface area contributed by atoms with E-state index in [1.807, 2.05) is 24.3 Å². The fourth-order valence-electron chi connectivity index (χ4n) is 3.37. The topological polar surface area (TPSA) is 79.2 Å². The van der Waals surface area contributed by atoms with E-state index in [-0.39, 0.29) is 18.8 Å². The highest BCUT2D eigenvalue weighted by Crippen LogP contribution is 2.27. The Kier molecular flexibility index (Phi) is 7.76. The summed E-state index contributed by atoms with van der Waals surface area (Å²) in [7, 11) is 0. The third-order valence-electron chi connectivity index (χ3n) is 4.94. The lowest BCUT2D eigenvalue weighted by atomic mass is 10.0. The Balaban J connectivity index is 1.52. The maximum absolute atomic E-state index is 10.6. The van der Waals surface area contributed by atoms with E-state index in [4.69, 9.17) is 14.6 Å². The Labute approximate surface area is 171 Å². The van der Waals surface area contributed by atoms with Crippen LogP contribution in [-0.4, -0.2) is 53.9 Å². The first kappa shape index (κ1) is 21.0. The fraction of sp³-hybridized carbons (Fsp3) is 0.435. The minimum Gasteiger partial charge on any atom is -0.508 e. The van der Waals surface area contributed by atoms with Gasteiger partial charge in [0.15, 0.2) is 0 Å². The van der Waals surface area contributed by atoms with Crippen LogP contribution in [0, 0.1) is 6.07 Å². The Bertz CT molecular complexity index is 784. The van der Waals surface area contributed by atoms with Crippen molar-refractivity contribution in [3.05, 3.63) is 53.6 Å². The first-order valence-electron chi connectivity index (χ1n) is 10.1. The highest BCUT2D eigenvalue weighted by molar-refractivity contribution is 5.66. The molecule has 2 N–H and O–H groups in total. The summed E-state index contributed by atoms with van der Waals surface area (Å²) in [6.45, 7) is 4.28. The summed E-state index contributed by atoms with van der Waals surface area (Å²) in [5, 5.41) is 18.4. The first-order valence-corrected chi connectivity index (χ1v) is 10.1. The van der Waals surface area contributed by atoms with Crippen LogP contribution in [0.1, 0.15) is 36.8 Å². The number of rotatable bonds is 11. The van der Waals surface area contributed by atoms with Gasteiger partial charge in [0, 0.05) is 31.0 Å². The second-order valence-corrected chi connectivity index (χ2v) is 7.26. The Hall–Kier alpha value is -2.73. The maximum atomic E-state index is 10.6. The summed E-state index contributed by atoms with van der Waals surface area (Å²) >= 11 is 0. The lowest BCUT2D eigenvalue weighted by Gasteiger charge is -2.15. The molecule has 1 radical (unpaired) electrons. The van der Waals surface area contributed by atoms with Gasteiger partial charge in [0.2, 0.25) is 0 Å². The molecule has 1 heterocycles. The van der Waals surface area contributed by atoms with Crippen LogP contribution in [0.15, 0.2) is 36.4 Å². The average Bonchev–Trinajstić information content (AvgIpc) is 3.22. The van der Waals surface area contributed by atoms with Crippen molar-refractivity contribution >= 4 is 5.97 Å². The van der Waals surface area contributed by atoms with Crippen molar-refractivity contribution in [2.45, 2.75) is 32.1 Å². The van der Waals surface area contributed by atoms with Gasteiger partial charge in [0.05, 0.1) is 6.61 Å². The van der Waals surface area contributed by atoms with Crippen molar-refractivity contribution in [1.82, 2.24) is 4.90 Å². The number of carboxylic acid groups (broad SMARTS) is 1. The number of hydrogen-bond acceptors (Lipinski definition) is 5. The summed E-state index contributed by atoms with van der Waals surface area (Å²) in [6.07, 6.45) is 3.63. The molecular formula is C23H28NO5. The molecule has 6 heteroatoms. The fourth-order valence-corrected chi connectivity index (χ4v) is 3.37. The first-order chi connectivity index (χ1) is 14.1. The van der Waals surface area contributed by atoms with E-state index in [1.165, 1.54) is 32.0 Å². The van der Waals surface area contributed by atoms with Crippen LogP contribution in [0.4, 0.5) is 0 Å². The van der Waals surface area contributed by atoms with Gasteiger partial charge in [0.1, 0.15) is 23.9 Å². The lowest BCUT2D eigenvalue weighted by molar-refractivity contribution is -0.137. The highest BCUT2D eigenvalue weighted by Gasteiger charge is 2.11.